The largest absolute Gasteiger partial charge is 0.427 e. The van der Waals surface area contributed by atoms with Gasteiger partial charge in [-0.05, 0) is 30.4 Å². The molecule has 0 amide bonds. The lowest BCUT2D eigenvalue weighted by Gasteiger charge is -2.05. The third-order valence-electron chi connectivity index (χ3n) is 2.66. The molecule has 2 aromatic rings. The molecule has 2 heteroatoms. The van der Waals surface area contributed by atoms with E-state index in [1.54, 1.807) is 0 Å². The van der Waals surface area contributed by atoms with Crippen LogP contribution in [0.25, 0.3) is 10.8 Å². The molecule has 78 valence electrons. The topological polar surface area (TPSA) is 30.2 Å². The Labute approximate surface area is 88.5 Å². The zero-order valence-electron chi connectivity index (χ0n) is 9.04. The summed E-state index contributed by atoms with van der Waals surface area (Å²) in [5, 5.41) is 1.69. The van der Waals surface area contributed by atoms with Gasteiger partial charge in [0.05, 0.1) is 5.39 Å². The van der Waals surface area contributed by atoms with Crippen LogP contribution in [0.2, 0.25) is 0 Å². The van der Waals surface area contributed by atoms with E-state index < -0.39 is 0 Å². The third kappa shape index (κ3) is 1.67. The molecule has 1 aromatic carbocycles. The molecule has 1 heterocycles. The highest BCUT2D eigenvalue weighted by Gasteiger charge is 2.08. The quantitative estimate of drug-likeness (QED) is 0.749. The van der Waals surface area contributed by atoms with Crippen molar-refractivity contribution in [3.05, 3.63) is 46.0 Å². The van der Waals surface area contributed by atoms with Crippen LogP contribution in [0.4, 0.5) is 0 Å². The molecule has 0 saturated carbocycles. The minimum atomic E-state index is -0.223. The van der Waals surface area contributed by atoms with Crippen molar-refractivity contribution in [2.45, 2.75) is 26.7 Å². The van der Waals surface area contributed by atoms with Crippen LogP contribution in [0.1, 0.15) is 24.7 Å². The van der Waals surface area contributed by atoms with E-state index in [0.29, 0.717) is 5.39 Å². The molecule has 0 saturated heterocycles. The second-order valence-corrected chi connectivity index (χ2v) is 3.73. The fourth-order valence-corrected chi connectivity index (χ4v) is 1.85. The Morgan fingerprint density at radius 1 is 1.20 bits per heavy atom. The first-order valence-electron chi connectivity index (χ1n) is 5.25. The Morgan fingerprint density at radius 3 is 2.53 bits per heavy atom. The first kappa shape index (κ1) is 9.97. The fraction of sp³-hybridized carbons (Fsp3) is 0.308. The molecule has 2 rings (SSSR count). The highest BCUT2D eigenvalue weighted by atomic mass is 16.4. The predicted molar refractivity (Wildman–Crippen MR) is 61.2 cm³/mol. The SMILES string of the molecule is CCCc1oc(=O)c2ccccc2c1C. The molecule has 0 atom stereocenters. The van der Waals surface area contributed by atoms with E-state index in [-0.39, 0.29) is 5.63 Å². The van der Waals surface area contributed by atoms with Gasteiger partial charge in [-0.2, -0.15) is 0 Å². The van der Waals surface area contributed by atoms with Gasteiger partial charge in [0.25, 0.3) is 0 Å². The van der Waals surface area contributed by atoms with Crippen molar-refractivity contribution in [3.8, 4) is 0 Å². The molecule has 0 spiro atoms. The third-order valence-corrected chi connectivity index (χ3v) is 2.66. The fourth-order valence-electron chi connectivity index (χ4n) is 1.85. The van der Waals surface area contributed by atoms with Crippen LogP contribution < -0.4 is 5.63 Å². The van der Waals surface area contributed by atoms with E-state index in [2.05, 4.69) is 6.92 Å². The van der Waals surface area contributed by atoms with Crippen molar-refractivity contribution in [1.82, 2.24) is 0 Å². The Hall–Kier alpha value is -1.57. The van der Waals surface area contributed by atoms with Crippen LogP contribution in [0.3, 0.4) is 0 Å². The van der Waals surface area contributed by atoms with Gasteiger partial charge >= 0.3 is 5.63 Å². The lowest BCUT2D eigenvalue weighted by atomic mass is 10.1. The standard InChI is InChI=1S/C13H14O2/c1-3-6-12-9(2)10-7-4-5-8-11(10)13(14)15-12/h4-5,7-8H,3,6H2,1-2H3. The summed E-state index contributed by atoms with van der Waals surface area (Å²) in [6, 6.07) is 7.59. The molecule has 15 heavy (non-hydrogen) atoms. The summed E-state index contributed by atoms with van der Waals surface area (Å²) in [7, 11) is 0. The van der Waals surface area contributed by atoms with Gasteiger partial charge in [0.2, 0.25) is 0 Å². The smallest absolute Gasteiger partial charge is 0.343 e. The van der Waals surface area contributed by atoms with Gasteiger partial charge in [0, 0.05) is 6.42 Å². The van der Waals surface area contributed by atoms with E-state index in [1.807, 2.05) is 31.2 Å². The Bertz CT molecular complexity index is 538. The zero-order valence-corrected chi connectivity index (χ0v) is 9.04. The Balaban J connectivity index is 2.79. The van der Waals surface area contributed by atoms with E-state index >= 15 is 0 Å². The molecule has 2 nitrogen and oxygen atoms in total. The highest BCUT2D eigenvalue weighted by Crippen LogP contribution is 2.19. The van der Waals surface area contributed by atoms with Crippen LogP contribution in [0.5, 0.6) is 0 Å². The van der Waals surface area contributed by atoms with Crippen LogP contribution in [0, 0.1) is 6.92 Å². The molecule has 0 aliphatic rings. The minimum Gasteiger partial charge on any atom is -0.427 e. The predicted octanol–water partition coefficient (Wildman–Crippen LogP) is 3.05. The summed E-state index contributed by atoms with van der Waals surface area (Å²) in [6.45, 7) is 4.09. The molecule has 0 radical (unpaired) electrons. The molecule has 0 unspecified atom stereocenters. The Morgan fingerprint density at radius 2 is 1.87 bits per heavy atom. The van der Waals surface area contributed by atoms with E-state index in [0.717, 1.165) is 29.6 Å². The second-order valence-electron chi connectivity index (χ2n) is 3.73. The van der Waals surface area contributed by atoms with Gasteiger partial charge in [-0.1, -0.05) is 25.1 Å². The molecule has 0 bridgehead atoms. The lowest BCUT2D eigenvalue weighted by Crippen LogP contribution is -2.04. The molecule has 0 aliphatic carbocycles. The van der Waals surface area contributed by atoms with Gasteiger partial charge in [-0.25, -0.2) is 4.79 Å². The van der Waals surface area contributed by atoms with E-state index in [9.17, 15) is 4.79 Å². The van der Waals surface area contributed by atoms with Crippen LogP contribution in [0.15, 0.2) is 33.5 Å². The van der Waals surface area contributed by atoms with Crippen molar-refractivity contribution in [2.24, 2.45) is 0 Å². The van der Waals surface area contributed by atoms with Gasteiger partial charge in [0.1, 0.15) is 5.76 Å². The average molecular weight is 202 g/mol. The van der Waals surface area contributed by atoms with Crippen LogP contribution in [-0.2, 0) is 6.42 Å². The number of benzene rings is 1. The van der Waals surface area contributed by atoms with Gasteiger partial charge in [0.15, 0.2) is 0 Å². The van der Waals surface area contributed by atoms with Crippen molar-refractivity contribution < 1.29 is 4.42 Å². The van der Waals surface area contributed by atoms with E-state index in [4.69, 9.17) is 4.42 Å². The van der Waals surface area contributed by atoms with Gasteiger partial charge in [-0.15, -0.1) is 0 Å². The van der Waals surface area contributed by atoms with Crippen molar-refractivity contribution in [3.63, 3.8) is 0 Å². The summed E-state index contributed by atoms with van der Waals surface area (Å²) in [5.41, 5.74) is 0.867. The highest BCUT2D eigenvalue weighted by molar-refractivity contribution is 5.84. The first-order valence-corrected chi connectivity index (χ1v) is 5.25. The lowest BCUT2D eigenvalue weighted by molar-refractivity contribution is 0.460. The maximum Gasteiger partial charge on any atom is 0.343 e. The number of rotatable bonds is 2. The summed E-state index contributed by atoms with van der Waals surface area (Å²) in [6.07, 6.45) is 1.81. The molecular weight excluding hydrogens is 188 g/mol. The Kier molecular flexibility index (Phi) is 2.58. The van der Waals surface area contributed by atoms with Crippen LogP contribution >= 0.6 is 0 Å². The average Bonchev–Trinajstić information content (AvgIpc) is 2.26. The van der Waals surface area contributed by atoms with Crippen molar-refractivity contribution in [2.75, 3.05) is 0 Å². The van der Waals surface area contributed by atoms with Gasteiger partial charge < -0.3 is 4.42 Å². The molecule has 1 aromatic heterocycles. The van der Waals surface area contributed by atoms with E-state index in [1.165, 1.54) is 0 Å². The van der Waals surface area contributed by atoms with Crippen molar-refractivity contribution in [1.29, 1.82) is 0 Å². The summed E-state index contributed by atoms with van der Waals surface area (Å²) < 4.78 is 5.31. The number of aryl methyl sites for hydroxylation is 2. The molecule has 0 fully saturated rings. The molecule has 0 aliphatic heterocycles. The molecule has 0 N–H and O–H groups in total. The van der Waals surface area contributed by atoms with Crippen LogP contribution in [-0.4, -0.2) is 0 Å². The number of fused-ring (bicyclic) bond motifs is 1. The maximum absolute atomic E-state index is 11.7. The van der Waals surface area contributed by atoms with Gasteiger partial charge in [-0.3, -0.25) is 0 Å². The zero-order chi connectivity index (χ0) is 10.8. The summed E-state index contributed by atoms with van der Waals surface area (Å²) in [4.78, 5) is 11.7. The molecular formula is C13H14O2. The number of hydrogen-bond donors (Lipinski definition) is 0. The van der Waals surface area contributed by atoms with Crippen molar-refractivity contribution >= 4 is 10.8 Å². The summed E-state index contributed by atoms with van der Waals surface area (Å²) >= 11 is 0. The number of hydrogen-bond acceptors (Lipinski definition) is 2. The summed E-state index contributed by atoms with van der Waals surface area (Å²) in [5.74, 6) is 0.821. The monoisotopic (exact) mass is 202 g/mol. The minimum absolute atomic E-state index is 0.223. The maximum atomic E-state index is 11.7. The first-order chi connectivity index (χ1) is 7.24. The normalized spacial score (nSPS) is 10.8. The second kappa shape index (κ2) is 3.89.